The predicted octanol–water partition coefficient (Wildman–Crippen LogP) is 1.31. The Labute approximate surface area is 68.3 Å². The van der Waals surface area contributed by atoms with Crippen LogP contribution in [0.4, 0.5) is 0 Å². The van der Waals surface area contributed by atoms with Crippen molar-refractivity contribution in [2.45, 2.75) is 44.2 Å². The summed E-state index contributed by atoms with van der Waals surface area (Å²) in [7, 11) is 0. The number of hydrogen-bond donors (Lipinski definition) is 1. The lowest BCUT2D eigenvalue weighted by atomic mass is 10.2. The van der Waals surface area contributed by atoms with Crippen molar-refractivity contribution in [1.29, 1.82) is 0 Å². The molecule has 0 spiro atoms. The average molecular weight is 155 g/mol. The van der Waals surface area contributed by atoms with Gasteiger partial charge >= 0.3 is 0 Å². The first-order valence-corrected chi connectivity index (χ1v) is 4.82. The van der Waals surface area contributed by atoms with Crippen LogP contribution in [0.25, 0.3) is 0 Å². The Bertz CT molecular complexity index is 113. The molecule has 0 aromatic rings. The summed E-state index contributed by atoms with van der Waals surface area (Å²) in [5.74, 6) is 0. The molecule has 1 N–H and O–H groups in total. The second kappa shape index (κ2) is 3.55. The lowest BCUT2D eigenvalue weighted by molar-refractivity contribution is 0.0296. The normalized spacial score (nSPS) is 39.3. The van der Waals surface area contributed by atoms with Crippen molar-refractivity contribution in [3.8, 4) is 0 Å². The Kier molecular flexibility index (Phi) is 2.44. The van der Waals surface area contributed by atoms with E-state index in [0.29, 0.717) is 12.1 Å². The molecule has 0 aromatic carbocycles. The number of rotatable bonds is 0. The quantitative estimate of drug-likeness (QED) is 0.569. The van der Waals surface area contributed by atoms with Gasteiger partial charge < -0.3 is 10.1 Å². The molecule has 2 atom stereocenters. The van der Waals surface area contributed by atoms with Crippen LogP contribution in [0, 0.1) is 0 Å². The molecule has 0 radical (unpaired) electrons. The summed E-state index contributed by atoms with van der Waals surface area (Å²) in [6.07, 6.45) is 7.00. The summed E-state index contributed by atoms with van der Waals surface area (Å²) in [6.45, 7) is 2.19. The fourth-order valence-corrected chi connectivity index (χ4v) is 2.11. The van der Waals surface area contributed by atoms with E-state index in [4.69, 9.17) is 4.74 Å². The van der Waals surface area contributed by atoms with Crippen LogP contribution < -0.4 is 5.32 Å². The Morgan fingerprint density at radius 3 is 3.09 bits per heavy atom. The third kappa shape index (κ3) is 1.74. The number of ether oxygens (including phenoxy) is 1. The Balaban J connectivity index is 1.89. The van der Waals surface area contributed by atoms with E-state index < -0.39 is 0 Å². The second-order valence-electron chi connectivity index (χ2n) is 3.61. The van der Waals surface area contributed by atoms with Gasteiger partial charge in [-0.05, 0) is 38.6 Å². The van der Waals surface area contributed by atoms with Crippen LogP contribution in [0.2, 0.25) is 0 Å². The summed E-state index contributed by atoms with van der Waals surface area (Å²) in [4.78, 5) is 0. The van der Waals surface area contributed by atoms with E-state index in [-0.39, 0.29) is 0 Å². The van der Waals surface area contributed by atoms with Crippen molar-refractivity contribution < 1.29 is 4.74 Å². The standard InChI is InChI=1S/C9H17NO/c1-2-7-11-9-5-3-4-8(9)10-6-1/h8-10H,1-7H2/t8-,9+/m1/s1. The topological polar surface area (TPSA) is 21.3 Å². The van der Waals surface area contributed by atoms with Crippen molar-refractivity contribution in [2.75, 3.05) is 13.2 Å². The maximum atomic E-state index is 5.74. The maximum Gasteiger partial charge on any atom is 0.0728 e. The highest BCUT2D eigenvalue weighted by Crippen LogP contribution is 2.23. The third-order valence-corrected chi connectivity index (χ3v) is 2.76. The van der Waals surface area contributed by atoms with Gasteiger partial charge in [-0.15, -0.1) is 0 Å². The molecule has 1 saturated heterocycles. The van der Waals surface area contributed by atoms with E-state index in [1.54, 1.807) is 0 Å². The molecule has 1 aliphatic heterocycles. The molecule has 0 unspecified atom stereocenters. The largest absolute Gasteiger partial charge is 0.377 e. The first-order valence-electron chi connectivity index (χ1n) is 4.82. The smallest absolute Gasteiger partial charge is 0.0728 e. The molecule has 0 bridgehead atoms. The van der Waals surface area contributed by atoms with E-state index in [1.807, 2.05) is 0 Å². The van der Waals surface area contributed by atoms with Crippen molar-refractivity contribution in [1.82, 2.24) is 5.32 Å². The molecule has 64 valence electrons. The highest BCUT2D eigenvalue weighted by atomic mass is 16.5. The summed E-state index contributed by atoms with van der Waals surface area (Å²) in [5, 5.41) is 3.56. The zero-order valence-electron chi connectivity index (χ0n) is 7.01. The number of fused-ring (bicyclic) bond motifs is 1. The van der Waals surface area contributed by atoms with Crippen LogP contribution in [-0.2, 0) is 4.74 Å². The van der Waals surface area contributed by atoms with E-state index in [9.17, 15) is 0 Å². The van der Waals surface area contributed by atoms with Gasteiger partial charge in [-0.25, -0.2) is 0 Å². The van der Waals surface area contributed by atoms with Gasteiger partial charge in [-0.3, -0.25) is 0 Å². The highest BCUT2D eigenvalue weighted by Gasteiger charge is 2.27. The average Bonchev–Trinajstić information content (AvgIpc) is 2.35. The summed E-state index contributed by atoms with van der Waals surface area (Å²) >= 11 is 0. The minimum atomic E-state index is 0.537. The van der Waals surface area contributed by atoms with Gasteiger partial charge in [0.2, 0.25) is 0 Å². The van der Waals surface area contributed by atoms with Gasteiger partial charge in [0.1, 0.15) is 0 Å². The molecule has 2 fully saturated rings. The van der Waals surface area contributed by atoms with Crippen molar-refractivity contribution >= 4 is 0 Å². The van der Waals surface area contributed by atoms with Crippen LogP contribution in [0.1, 0.15) is 32.1 Å². The third-order valence-electron chi connectivity index (χ3n) is 2.76. The molecule has 0 amide bonds. The van der Waals surface area contributed by atoms with Crippen LogP contribution >= 0.6 is 0 Å². The van der Waals surface area contributed by atoms with Gasteiger partial charge in [0.05, 0.1) is 6.10 Å². The highest BCUT2D eigenvalue weighted by molar-refractivity contribution is 4.84. The van der Waals surface area contributed by atoms with Crippen LogP contribution in [0.5, 0.6) is 0 Å². The first kappa shape index (κ1) is 7.56. The van der Waals surface area contributed by atoms with Gasteiger partial charge in [0.25, 0.3) is 0 Å². The molecular weight excluding hydrogens is 138 g/mol. The van der Waals surface area contributed by atoms with Gasteiger partial charge in [-0.2, -0.15) is 0 Å². The lowest BCUT2D eigenvalue weighted by Gasteiger charge is -2.24. The SMILES string of the molecule is C1CCO[C@H]2CCC[C@H]2NC1. The van der Waals surface area contributed by atoms with E-state index in [2.05, 4.69) is 5.32 Å². The van der Waals surface area contributed by atoms with E-state index in [1.165, 1.54) is 38.6 Å². The molecule has 1 heterocycles. The van der Waals surface area contributed by atoms with E-state index in [0.717, 1.165) is 6.61 Å². The second-order valence-corrected chi connectivity index (χ2v) is 3.61. The Morgan fingerprint density at radius 2 is 2.09 bits per heavy atom. The van der Waals surface area contributed by atoms with Crippen molar-refractivity contribution in [3.05, 3.63) is 0 Å². The molecule has 0 aromatic heterocycles. The maximum absolute atomic E-state index is 5.74. The van der Waals surface area contributed by atoms with Gasteiger partial charge in [0.15, 0.2) is 0 Å². The molecule has 2 rings (SSSR count). The van der Waals surface area contributed by atoms with Crippen LogP contribution in [0.15, 0.2) is 0 Å². The zero-order valence-corrected chi connectivity index (χ0v) is 7.01. The minimum absolute atomic E-state index is 0.537. The van der Waals surface area contributed by atoms with Crippen LogP contribution in [-0.4, -0.2) is 25.3 Å². The monoisotopic (exact) mass is 155 g/mol. The first-order chi connectivity index (χ1) is 5.47. The fraction of sp³-hybridized carbons (Fsp3) is 1.00. The molecule has 11 heavy (non-hydrogen) atoms. The molecular formula is C9H17NO. The van der Waals surface area contributed by atoms with E-state index >= 15 is 0 Å². The van der Waals surface area contributed by atoms with Crippen molar-refractivity contribution in [2.24, 2.45) is 0 Å². The summed E-state index contributed by atoms with van der Waals surface area (Å²) < 4.78 is 5.74. The lowest BCUT2D eigenvalue weighted by Crippen LogP contribution is -2.39. The Morgan fingerprint density at radius 1 is 1.09 bits per heavy atom. The minimum Gasteiger partial charge on any atom is -0.377 e. The molecule has 1 saturated carbocycles. The zero-order chi connectivity index (χ0) is 7.52. The molecule has 2 nitrogen and oxygen atoms in total. The summed E-state index contributed by atoms with van der Waals surface area (Å²) in [5.41, 5.74) is 0. The van der Waals surface area contributed by atoms with Gasteiger partial charge in [-0.1, -0.05) is 0 Å². The summed E-state index contributed by atoms with van der Waals surface area (Å²) in [6, 6.07) is 0.676. The number of nitrogens with one attached hydrogen (secondary N) is 1. The fourth-order valence-electron chi connectivity index (χ4n) is 2.11. The predicted molar refractivity (Wildman–Crippen MR) is 44.6 cm³/mol. The Hall–Kier alpha value is -0.0800. The molecule has 2 heteroatoms. The molecule has 2 aliphatic rings. The van der Waals surface area contributed by atoms with Gasteiger partial charge in [0, 0.05) is 12.6 Å². The molecule has 1 aliphatic carbocycles. The van der Waals surface area contributed by atoms with Crippen molar-refractivity contribution in [3.63, 3.8) is 0 Å². The van der Waals surface area contributed by atoms with Crippen LogP contribution in [0.3, 0.4) is 0 Å². The number of hydrogen-bond acceptors (Lipinski definition) is 2.